The van der Waals surface area contributed by atoms with Crippen LogP contribution in [0.2, 0.25) is 0 Å². The summed E-state index contributed by atoms with van der Waals surface area (Å²) in [4.78, 5) is 12.1. The summed E-state index contributed by atoms with van der Waals surface area (Å²) in [6.07, 6.45) is 1.48. The summed E-state index contributed by atoms with van der Waals surface area (Å²) in [5, 5.41) is 2.92. The van der Waals surface area contributed by atoms with Gasteiger partial charge in [0, 0.05) is 4.47 Å². The number of anilines is 1. The molecule has 0 aromatic heterocycles. The molecule has 0 bridgehead atoms. The minimum absolute atomic E-state index is 0.135. The number of halogens is 1. The van der Waals surface area contributed by atoms with Crippen LogP contribution in [-0.2, 0) is 4.79 Å². The van der Waals surface area contributed by atoms with Gasteiger partial charge in [0.15, 0.2) is 0 Å². The average molecular weight is 327 g/mol. The van der Waals surface area contributed by atoms with Crippen molar-refractivity contribution in [2.24, 2.45) is 5.73 Å². The summed E-state index contributed by atoms with van der Waals surface area (Å²) in [5.74, 6) is 0.569. The third kappa shape index (κ3) is 2.37. The van der Waals surface area contributed by atoms with Gasteiger partial charge in [-0.1, -0.05) is 15.9 Å². The third-order valence-electron chi connectivity index (χ3n) is 3.85. The van der Waals surface area contributed by atoms with Gasteiger partial charge >= 0.3 is 0 Å². The van der Waals surface area contributed by atoms with Crippen molar-refractivity contribution >= 4 is 27.5 Å². The van der Waals surface area contributed by atoms with Crippen molar-refractivity contribution < 1.29 is 9.53 Å². The third-order valence-corrected chi connectivity index (χ3v) is 5.04. The predicted octanol–water partition coefficient (Wildman–Crippen LogP) is 2.81. The summed E-state index contributed by atoms with van der Waals surface area (Å²) in [7, 11) is 1.61. The molecule has 0 saturated heterocycles. The molecule has 1 saturated carbocycles. The Labute approximate surface area is 121 Å². The Bertz CT molecular complexity index is 551. The second-order valence-electron chi connectivity index (χ2n) is 5.21. The molecular formula is C14H19BrN2O2. The van der Waals surface area contributed by atoms with Crippen molar-refractivity contribution in [2.75, 3.05) is 12.4 Å². The smallest absolute Gasteiger partial charge is 0.244 e. The van der Waals surface area contributed by atoms with Crippen LogP contribution < -0.4 is 15.8 Å². The van der Waals surface area contributed by atoms with E-state index in [0.717, 1.165) is 34.0 Å². The van der Waals surface area contributed by atoms with Gasteiger partial charge in [0.05, 0.1) is 18.3 Å². The monoisotopic (exact) mass is 326 g/mol. The van der Waals surface area contributed by atoms with Crippen molar-refractivity contribution in [2.45, 2.75) is 39.2 Å². The Kier molecular flexibility index (Phi) is 3.62. The van der Waals surface area contributed by atoms with E-state index in [1.807, 2.05) is 20.8 Å². The highest BCUT2D eigenvalue weighted by molar-refractivity contribution is 9.10. The maximum atomic E-state index is 12.1. The molecule has 1 amide bonds. The lowest BCUT2D eigenvalue weighted by atomic mass is 10.0. The van der Waals surface area contributed by atoms with Crippen molar-refractivity contribution in [3.63, 3.8) is 0 Å². The lowest BCUT2D eigenvalue weighted by Gasteiger charge is -2.20. The van der Waals surface area contributed by atoms with Gasteiger partial charge in [0.2, 0.25) is 5.91 Å². The Morgan fingerprint density at radius 1 is 1.26 bits per heavy atom. The first-order valence-corrected chi connectivity index (χ1v) is 7.04. The zero-order valence-corrected chi connectivity index (χ0v) is 13.3. The molecule has 0 atom stereocenters. The molecule has 2 rings (SSSR count). The fraction of sp³-hybridized carbons (Fsp3) is 0.500. The second-order valence-corrected chi connectivity index (χ2v) is 6.00. The van der Waals surface area contributed by atoms with E-state index in [-0.39, 0.29) is 5.91 Å². The Balaban J connectivity index is 2.47. The quantitative estimate of drug-likeness (QED) is 0.897. The van der Waals surface area contributed by atoms with Gasteiger partial charge in [-0.15, -0.1) is 0 Å². The summed E-state index contributed by atoms with van der Waals surface area (Å²) in [6.45, 7) is 5.94. The molecule has 4 nitrogen and oxygen atoms in total. The van der Waals surface area contributed by atoms with Crippen LogP contribution in [0.25, 0.3) is 0 Å². The van der Waals surface area contributed by atoms with Crippen LogP contribution in [0.4, 0.5) is 5.69 Å². The van der Waals surface area contributed by atoms with Crippen LogP contribution in [0.3, 0.4) is 0 Å². The fourth-order valence-corrected chi connectivity index (χ4v) is 2.58. The molecule has 3 N–H and O–H groups in total. The van der Waals surface area contributed by atoms with Gasteiger partial charge in [-0.2, -0.15) is 0 Å². The molecular weight excluding hydrogens is 308 g/mol. The highest BCUT2D eigenvalue weighted by atomic mass is 79.9. The first-order chi connectivity index (χ1) is 8.81. The van der Waals surface area contributed by atoms with Gasteiger partial charge in [-0.3, -0.25) is 4.79 Å². The summed E-state index contributed by atoms with van der Waals surface area (Å²) in [5.41, 5.74) is 9.02. The van der Waals surface area contributed by atoms with Gasteiger partial charge in [-0.05, 0) is 50.3 Å². The maximum absolute atomic E-state index is 12.1. The lowest BCUT2D eigenvalue weighted by Crippen LogP contribution is -2.38. The number of amides is 1. The number of carbonyl (C=O) groups is 1. The van der Waals surface area contributed by atoms with Gasteiger partial charge in [0.1, 0.15) is 5.75 Å². The number of rotatable bonds is 3. The maximum Gasteiger partial charge on any atom is 0.244 e. The number of methoxy groups -OCH3 is 1. The SMILES string of the molecule is COc1c(C)c(C)c(Br)c(C)c1NC(=O)C1(N)CC1. The van der Waals surface area contributed by atoms with E-state index in [9.17, 15) is 4.79 Å². The Morgan fingerprint density at radius 2 is 1.84 bits per heavy atom. The van der Waals surface area contributed by atoms with Crippen molar-refractivity contribution in [3.05, 3.63) is 21.2 Å². The highest BCUT2D eigenvalue weighted by Crippen LogP contribution is 2.41. The largest absolute Gasteiger partial charge is 0.494 e. The molecule has 0 spiro atoms. The first kappa shape index (κ1) is 14.3. The van der Waals surface area contributed by atoms with E-state index in [1.165, 1.54) is 0 Å². The molecule has 0 radical (unpaired) electrons. The van der Waals surface area contributed by atoms with Gasteiger partial charge in [0.25, 0.3) is 0 Å². The van der Waals surface area contributed by atoms with Crippen molar-refractivity contribution in [1.82, 2.24) is 0 Å². The van der Waals surface area contributed by atoms with E-state index in [2.05, 4.69) is 21.2 Å². The lowest BCUT2D eigenvalue weighted by molar-refractivity contribution is -0.118. The molecule has 0 heterocycles. The summed E-state index contributed by atoms with van der Waals surface area (Å²) >= 11 is 3.56. The first-order valence-electron chi connectivity index (χ1n) is 6.25. The van der Waals surface area contributed by atoms with Gasteiger partial charge < -0.3 is 15.8 Å². The molecule has 5 heteroatoms. The fourth-order valence-electron chi connectivity index (χ4n) is 2.09. The summed E-state index contributed by atoms with van der Waals surface area (Å²) in [6, 6.07) is 0. The molecule has 19 heavy (non-hydrogen) atoms. The standard InChI is InChI=1S/C14H19BrN2O2/c1-7-8(2)12(19-4)11(9(3)10(7)15)17-13(18)14(16)5-6-14/h5-6,16H2,1-4H3,(H,17,18). The number of nitrogens with one attached hydrogen (secondary N) is 1. The number of hydrogen-bond acceptors (Lipinski definition) is 3. The van der Waals surface area contributed by atoms with Crippen LogP contribution in [0.1, 0.15) is 29.5 Å². The molecule has 1 aromatic rings. The van der Waals surface area contributed by atoms with Gasteiger partial charge in [-0.25, -0.2) is 0 Å². The van der Waals surface area contributed by atoms with Crippen LogP contribution in [-0.4, -0.2) is 18.6 Å². The Hall–Kier alpha value is -1.07. The molecule has 1 aliphatic carbocycles. The molecule has 1 aliphatic rings. The van der Waals surface area contributed by atoms with Crippen LogP contribution in [0, 0.1) is 20.8 Å². The highest BCUT2D eigenvalue weighted by Gasteiger charge is 2.46. The zero-order valence-electron chi connectivity index (χ0n) is 11.7. The molecule has 0 aliphatic heterocycles. The predicted molar refractivity (Wildman–Crippen MR) is 79.7 cm³/mol. The van der Waals surface area contributed by atoms with Crippen molar-refractivity contribution in [1.29, 1.82) is 0 Å². The number of carbonyl (C=O) groups excluding carboxylic acids is 1. The molecule has 0 unspecified atom stereocenters. The van der Waals surface area contributed by atoms with E-state index >= 15 is 0 Å². The van der Waals surface area contributed by atoms with Crippen LogP contribution in [0.15, 0.2) is 4.47 Å². The van der Waals surface area contributed by atoms with E-state index in [0.29, 0.717) is 11.4 Å². The number of ether oxygens (including phenoxy) is 1. The number of nitrogens with two attached hydrogens (primary N) is 1. The zero-order chi connectivity index (χ0) is 14.4. The number of benzene rings is 1. The molecule has 104 valence electrons. The number of hydrogen-bond donors (Lipinski definition) is 2. The van der Waals surface area contributed by atoms with E-state index in [1.54, 1.807) is 7.11 Å². The normalized spacial score (nSPS) is 16.1. The second kappa shape index (κ2) is 4.80. The minimum Gasteiger partial charge on any atom is -0.494 e. The average Bonchev–Trinajstić information content (AvgIpc) is 3.13. The van der Waals surface area contributed by atoms with Crippen LogP contribution >= 0.6 is 15.9 Å². The van der Waals surface area contributed by atoms with E-state index < -0.39 is 5.54 Å². The van der Waals surface area contributed by atoms with Crippen LogP contribution in [0.5, 0.6) is 5.75 Å². The topological polar surface area (TPSA) is 64.3 Å². The van der Waals surface area contributed by atoms with Crippen molar-refractivity contribution in [3.8, 4) is 5.75 Å². The molecule has 1 fully saturated rings. The van der Waals surface area contributed by atoms with E-state index in [4.69, 9.17) is 10.5 Å². The summed E-state index contributed by atoms with van der Waals surface area (Å²) < 4.78 is 6.44. The minimum atomic E-state index is -0.692. The Morgan fingerprint density at radius 3 is 2.32 bits per heavy atom. The molecule has 1 aromatic carbocycles.